The molecule has 2 amide bonds. The summed E-state index contributed by atoms with van der Waals surface area (Å²) in [5.41, 5.74) is 0.104. The number of amides is 2. The van der Waals surface area contributed by atoms with E-state index in [1.165, 1.54) is 37.1 Å². The van der Waals surface area contributed by atoms with E-state index in [-0.39, 0.29) is 34.3 Å². The van der Waals surface area contributed by atoms with Crippen molar-refractivity contribution in [2.75, 3.05) is 22.5 Å². The fourth-order valence-corrected chi connectivity index (χ4v) is 5.36. The number of ether oxygens (including phenoxy) is 1. The second kappa shape index (κ2) is 7.82. The predicted molar refractivity (Wildman–Crippen MR) is 102 cm³/mol. The van der Waals surface area contributed by atoms with Crippen LogP contribution in [-0.2, 0) is 19.6 Å². The van der Waals surface area contributed by atoms with Gasteiger partial charge in [0.1, 0.15) is 5.75 Å². The van der Waals surface area contributed by atoms with Crippen LogP contribution in [0.4, 0.5) is 10.8 Å². The number of thioether (sulfide) groups is 1. The van der Waals surface area contributed by atoms with Gasteiger partial charge >= 0.3 is 0 Å². The van der Waals surface area contributed by atoms with Crippen LogP contribution < -0.4 is 14.4 Å². The molecular weight excluding hydrogens is 412 g/mol. The van der Waals surface area contributed by atoms with Crippen LogP contribution in [0.2, 0.25) is 0 Å². The molecule has 1 fully saturated rings. The molecule has 144 valence electrons. The quantitative estimate of drug-likeness (QED) is 0.526. The topological polar surface area (TPSA) is 119 Å². The molecule has 0 saturated carbocycles. The number of nitrogens with zero attached hydrogens (tertiary/aromatic N) is 3. The summed E-state index contributed by atoms with van der Waals surface area (Å²) < 4.78 is 33.6. The number of carbonyl (C=O) groups excluding carboxylic acids is 2. The minimum Gasteiger partial charge on any atom is -0.495 e. The molecule has 2 aromatic rings. The Morgan fingerprint density at radius 2 is 1.96 bits per heavy atom. The van der Waals surface area contributed by atoms with E-state index in [0.717, 1.165) is 22.0 Å². The molecule has 1 saturated heterocycles. The number of anilines is 2. The molecule has 9 nitrogen and oxygen atoms in total. The summed E-state index contributed by atoms with van der Waals surface area (Å²) in [5.74, 6) is 0.230. The van der Waals surface area contributed by atoms with Crippen LogP contribution in [-0.4, -0.2) is 43.3 Å². The van der Waals surface area contributed by atoms with Gasteiger partial charge in [0.25, 0.3) is 10.0 Å². The first-order valence-electron chi connectivity index (χ1n) is 7.88. The summed E-state index contributed by atoms with van der Waals surface area (Å²) >= 11 is 2.58. The fourth-order valence-electron chi connectivity index (χ4n) is 2.46. The van der Waals surface area contributed by atoms with Crippen LogP contribution in [0.1, 0.15) is 19.8 Å². The van der Waals surface area contributed by atoms with Gasteiger partial charge in [-0.05, 0) is 24.0 Å². The van der Waals surface area contributed by atoms with Gasteiger partial charge in [0.15, 0.2) is 4.34 Å². The Balaban J connectivity index is 1.94. The zero-order valence-electron chi connectivity index (χ0n) is 14.5. The zero-order chi connectivity index (χ0) is 19.6. The van der Waals surface area contributed by atoms with E-state index in [2.05, 4.69) is 14.9 Å². The molecule has 2 heterocycles. The van der Waals surface area contributed by atoms with Gasteiger partial charge in [0.05, 0.1) is 17.7 Å². The summed E-state index contributed by atoms with van der Waals surface area (Å²) in [4.78, 5) is 24.9. The monoisotopic (exact) mass is 428 g/mol. The highest BCUT2D eigenvalue weighted by atomic mass is 32.2. The van der Waals surface area contributed by atoms with Crippen LogP contribution in [0, 0.1) is 0 Å². The number of hydrogen-bond donors (Lipinski definition) is 1. The van der Waals surface area contributed by atoms with Gasteiger partial charge in [0.2, 0.25) is 16.9 Å². The van der Waals surface area contributed by atoms with Gasteiger partial charge in [-0.3, -0.25) is 14.3 Å². The van der Waals surface area contributed by atoms with E-state index in [9.17, 15) is 18.0 Å². The molecule has 0 spiro atoms. The van der Waals surface area contributed by atoms with Crippen molar-refractivity contribution in [1.82, 2.24) is 10.2 Å². The largest absolute Gasteiger partial charge is 0.495 e. The number of benzene rings is 1. The molecule has 3 rings (SSSR count). The smallest absolute Gasteiger partial charge is 0.263 e. The number of nitrogens with one attached hydrogen (secondary N) is 1. The lowest BCUT2D eigenvalue weighted by molar-refractivity contribution is -0.121. The van der Waals surface area contributed by atoms with Crippen molar-refractivity contribution in [1.29, 1.82) is 0 Å². The Hall–Kier alpha value is -2.18. The summed E-state index contributed by atoms with van der Waals surface area (Å²) in [6.07, 6.45) is 0.166. The van der Waals surface area contributed by atoms with Gasteiger partial charge < -0.3 is 4.74 Å². The van der Waals surface area contributed by atoms with Gasteiger partial charge in [0, 0.05) is 12.8 Å². The average Bonchev–Trinajstić information content (AvgIpc) is 3.20. The normalized spacial score (nSPS) is 14.7. The molecule has 1 aliphatic heterocycles. The lowest BCUT2D eigenvalue weighted by atomic mass is 10.2. The van der Waals surface area contributed by atoms with E-state index in [0.29, 0.717) is 4.34 Å². The Morgan fingerprint density at radius 3 is 2.59 bits per heavy atom. The third-order valence-corrected chi connectivity index (χ3v) is 6.97. The van der Waals surface area contributed by atoms with Gasteiger partial charge in [-0.15, -0.1) is 10.2 Å². The first-order chi connectivity index (χ1) is 12.9. The number of aromatic nitrogens is 2. The number of imide groups is 1. The summed E-state index contributed by atoms with van der Waals surface area (Å²) in [5, 5.41) is 7.85. The first kappa shape index (κ1) is 19.6. The number of carbonyl (C=O) groups is 2. The van der Waals surface area contributed by atoms with Crippen LogP contribution in [0.3, 0.4) is 0 Å². The molecule has 1 aromatic carbocycles. The van der Waals surface area contributed by atoms with Crippen molar-refractivity contribution in [2.24, 2.45) is 0 Å². The molecule has 0 aliphatic carbocycles. The van der Waals surface area contributed by atoms with Gasteiger partial charge in [-0.1, -0.05) is 30.0 Å². The Bertz CT molecular complexity index is 973. The van der Waals surface area contributed by atoms with Crippen molar-refractivity contribution in [3.05, 3.63) is 18.2 Å². The molecule has 27 heavy (non-hydrogen) atoms. The highest BCUT2D eigenvalue weighted by molar-refractivity contribution is 8.01. The first-order valence-corrected chi connectivity index (χ1v) is 11.2. The third-order valence-electron chi connectivity index (χ3n) is 3.65. The van der Waals surface area contributed by atoms with Crippen molar-refractivity contribution < 1.29 is 22.7 Å². The maximum atomic E-state index is 12.7. The Morgan fingerprint density at radius 1 is 1.26 bits per heavy atom. The summed E-state index contributed by atoms with van der Waals surface area (Å²) in [7, 11) is -2.60. The van der Waals surface area contributed by atoms with Crippen molar-refractivity contribution >= 4 is 55.8 Å². The predicted octanol–water partition coefficient (Wildman–Crippen LogP) is 2.11. The van der Waals surface area contributed by atoms with E-state index >= 15 is 0 Å². The number of hydrogen-bond acceptors (Lipinski definition) is 9. The molecule has 12 heteroatoms. The second-order valence-electron chi connectivity index (χ2n) is 5.37. The highest BCUT2D eigenvalue weighted by Gasteiger charge is 2.33. The van der Waals surface area contributed by atoms with E-state index in [1.807, 2.05) is 6.92 Å². The molecule has 1 aromatic heterocycles. The zero-order valence-corrected chi connectivity index (χ0v) is 16.9. The van der Waals surface area contributed by atoms with Gasteiger partial charge in [-0.2, -0.15) is 0 Å². The number of methoxy groups -OCH3 is 1. The van der Waals surface area contributed by atoms with E-state index in [4.69, 9.17) is 4.74 Å². The van der Waals surface area contributed by atoms with Crippen LogP contribution in [0.15, 0.2) is 27.4 Å². The average molecular weight is 429 g/mol. The molecule has 0 atom stereocenters. The van der Waals surface area contributed by atoms with Gasteiger partial charge in [-0.25, -0.2) is 13.3 Å². The van der Waals surface area contributed by atoms with Crippen molar-refractivity contribution in [3.8, 4) is 5.75 Å². The molecule has 1 N–H and O–H groups in total. The minimum absolute atomic E-state index is 0.0832. The summed E-state index contributed by atoms with van der Waals surface area (Å²) in [6, 6.07) is 3.98. The maximum Gasteiger partial charge on any atom is 0.263 e. The number of rotatable bonds is 7. The van der Waals surface area contributed by atoms with Crippen molar-refractivity contribution in [2.45, 2.75) is 29.0 Å². The van der Waals surface area contributed by atoms with Crippen molar-refractivity contribution in [3.63, 3.8) is 0 Å². The molecule has 0 bridgehead atoms. The molecular formula is C15H16N4O5S3. The lowest BCUT2D eigenvalue weighted by Crippen LogP contribution is -2.29. The SMILES string of the molecule is CCSc1nnc(NS(=O)(=O)c2ccc(OC)c(N3C(=O)CCC3=O)c2)s1. The maximum absolute atomic E-state index is 12.7. The Kier molecular flexibility index (Phi) is 5.67. The summed E-state index contributed by atoms with van der Waals surface area (Å²) in [6.45, 7) is 1.95. The standard InChI is InChI=1S/C15H16N4O5S3/c1-3-25-15-17-16-14(26-15)18-27(22,23)9-4-5-11(24-2)10(8-9)19-12(20)6-7-13(19)21/h4-5,8H,3,6-7H2,1-2H3,(H,16,18). The van der Waals surface area contributed by atoms with Crippen LogP contribution in [0.25, 0.3) is 0 Å². The van der Waals surface area contributed by atoms with E-state index < -0.39 is 21.8 Å². The second-order valence-corrected chi connectivity index (χ2v) is 9.54. The fraction of sp³-hybridized carbons (Fsp3) is 0.333. The molecule has 0 radical (unpaired) electrons. The third kappa shape index (κ3) is 4.06. The lowest BCUT2D eigenvalue weighted by Gasteiger charge is -2.18. The molecule has 0 unspecified atom stereocenters. The minimum atomic E-state index is -3.98. The highest BCUT2D eigenvalue weighted by Crippen LogP contribution is 2.35. The number of sulfonamides is 1. The van der Waals surface area contributed by atoms with E-state index in [1.54, 1.807) is 0 Å². The Labute approximate surface area is 164 Å². The molecule has 1 aliphatic rings. The van der Waals surface area contributed by atoms with Crippen LogP contribution >= 0.6 is 23.1 Å². The van der Waals surface area contributed by atoms with Crippen LogP contribution in [0.5, 0.6) is 5.75 Å².